The molecule has 0 heterocycles. The van der Waals surface area contributed by atoms with Crippen LogP contribution in [0, 0.1) is 0 Å². The van der Waals surface area contributed by atoms with Gasteiger partial charge in [0.1, 0.15) is 17.2 Å². The molecule has 0 atom stereocenters. The molecule has 2 rings (SSSR count). The fraction of sp³-hybridized carbons (Fsp3) is 0.0667. The summed E-state index contributed by atoms with van der Waals surface area (Å²) in [7, 11) is 1.47. The van der Waals surface area contributed by atoms with E-state index in [1.807, 2.05) is 0 Å². The third-order valence-electron chi connectivity index (χ3n) is 2.79. The van der Waals surface area contributed by atoms with Gasteiger partial charge in [0.25, 0.3) is 5.91 Å². The highest BCUT2D eigenvalue weighted by atomic mass is 79.9. The number of ether oxygens (including phenoxy) is 1. The molecule has 0 aliphatic carbocycles. The highest BCUT2D eigenvalue weighted by molar-refractivity contribution is 9.10. The molecule has 6 nitrogen and oxygen atoms in total. The van der Waals surface area contributed by atoms with Crippen molar-refractivity contribution in [2.45, 2.75) is 0 Å². The van der Waals surface area contributed by atoms with E-state index >= 15 is 0 Å². The van der Waals surface area contributed by atoms with Gasteiger partial charge >= 0.3 is 0 Å². The van der Waals surface area contributed by atoms with Crippen molar-refractivity contribution in [3.05, 3.63) is 52.0 Å². The van der Waals surface area contributed by atoms with Crippen LogP contribution in [0.5, 0.6) is 17.2 Å². The molecule has 0 aliphatic rings. The van der Waals surface area contributed by atoms with Crippen molar-refractivity contribution in [3.8, 4) is 17.2 Å². The Morgan fingerprint density at radius 3 is 2.73 bits per heavy atom. The Hall–Kier alpha value is -2.54. The predicted molar refractivity (Wildman–Crippen MR) is 85.5 cm³/mol. The van der Waals surface area contributed by atoms with Crippen LogP contribution in [0.25, 0.3) is 0 Å². The summed E-state index contributed by atoms with van der Waals surface area (Å²) in [6.45, 7) is 0. The zero-order chi connectivity index (χ0) is 16.1. The summed E-state index contributed by atoms with van der Waals surface area (Å²) >= 11 is 3.28. The lowest BCUT2D eigenvalue weighted by Crippen LogP contribution is -2.18. The minimum Gasteiger partial charge on any atom is -0.508 e. The van der Waals surface area contributed by atoms with E-state index in [2.05, 4.69) is 26.5 Å². The maximum absolute atomic E-state index is 12.1. The number of hydrazone groups is 1. The molecule has 0 radical (unpaired) electrons. The molecule has 0 saturated heterocycles. The Balaban J connectivity index is 2.13. The van der Waals surface area contributed by atoms with Crippen LogP contribution in [0.2, 0.25) is 0 Å². The molecule has 0 aliphatic heterocycles. The van der Waals surface area contributed by atoms with Gasteiger partial charge in [-0.3, -0.25) is 4.79 Å². The van der Waals surface area contributed by atoms with Gasteiger partial charge in [0.2, 0.25) is 0 Å². The van der Waals surface area contributed by atoms with Crippen LogP contribution < -0.4 is 10.2 Å². The number of nitrogens with zero attached hydrogens (tertiary/aromatic N) is 1. The van der Waals surface area contributed by atoms with E-state index < -0.39 is 5.91 Å². The van der Waals surface area contributed by atoms with Crippen molar-refractivity contribution in [2.24, 2.45) is 5.10 Å². The number of benzene rings is 2. The van der Waals surface area contributed by atoms with Crippen molar-refractivity contribution >= 4 is 28.1 Å². The van der Waals surface area contributed by atoms with Crippen molar-refractivity contribution in [1.82, 2.24) is 5.43 Å². The summed E-state index contributed by atoms with van der Waals surface area (Å²) in [5, 5.41) is 22.6. The second-order valence-electron chi connectivity index (χ2n) is 4.29. The van der Waals surface area contributed by atoms with Crippen LogP contribution in [0.3, 0.4) is 0 Å². The van der Waals surface area contributed by atoms with Crippen LogP contribution in [-0.4, -0.2) is 29.4 Å². The molecule has 3 N–H and O–H groups in total. The van der Waals surface area contributed by atoms with Crippen LogP contribution in [0.15, 0.2) is 46.0 Å². The molecular weight excluding hydrogens is 352 g/mol. The standard InChI is InChI=1S/C15H13BrN2O4/c1-22-14-5-3-10(16)6-12(14)15(21)18-17-8-9-2-4-11(19)7-13(9)20/h2-8,19-20H,1H3,(H,18,21)/b17-8-. The number of hydrogen-bond donors (Lipinski definition) is 3. The molecule has 0 bridgehead atoms. The fourth-order valence-corrected chi connectivity index (χ4v) is 2.08. The van der Waals surface area contributed by atoms with Gasteiger partial charge in [0.15, 0.2) is 0 Å². The number of methoxy groups -OCH3 is 1. The Bertz CT molecular complexity index is 731. The van der Waals surface area contributed by atoms with Crippen molar-refractivity contribution in [1.29, 1.82) is 0 Å². The SMILES string of the molecule is COc1ccc(Br)cc1C(=O)N/N=C\c1ccc(O)cc1O. The molecule has 2 aromatic rings. The van der Waals surface area contributed by atoms with E-state index in [1.165, 1.54) is 31.5 Å². The number of phenolic OH excluding ortho intramolecular Hbond substituents is 2. The van der Waals surface area contributed by atoms with Crippen molar-refractivity contribution in [3.63, 3.8) is 0 Å². The molecular formula is C15H13BrN2O4. The quantitative estimate of drug-likeness (QED) is 0.574. The summed E-state index contributed by atoms with van der Waals surface area (Å²) in [5.74, 6) is -0.230. The Labute approximate surface area is 135 Å². The minimum absolute atomic E-state index is 0.0578. The maximum atomic E-state index is 12.1. The highest BCUT2D eigenvalue weighted by Gasteiger charge is 2.12. The van der Waals surface area contributed by atoms with Gasteiger partial charge in [-0.15, -0.1) is 0 Å². The van der Waals surface area contributed by atoms with E-state index in [0.29, 0.717) is 16.9 Å². The van der Waals surface area contributed by atoms with E-state index in [1.54, 1.807) is 18.2 Å². The molecule has 2 aromatic carbocycles. The largest absolute Gasteiger partial charge is 0.508 e. The van der Waals surface area contributed by atoms with E-state index in [-0.39, 0.29) is 11.5 Å². The van der Waals surface area contributed by atoms with Gasteiger partial charge in [-0.05, 0) is 30.3 Å². The fourth-order valence-electron chi connectivity index (χ4n) is 1.72. The van der Waals surface area contributed by atoms with E-state index in [4.69, 9.17) is 4.74 Å². The van der Waals surface area contributed by atoms with Gasteiger partial charge in [0, 0.05) is 16.1 Å². The first kappa shape index (κ1) is 15.8. The second kappa shape index (κ2) is 6.95. The number of carbonyl (C=O) groups is 1. The number of halogens is 1. The van der Waals surface area contributed by atoms with Crippen molar-refractivity contribution < 1.29 is 19.7 Å². The lowest BCUT2D eigenvalue weighted by Gasteiger charge is -2.07. The maximum Gasteiger partial charge on any atom is 0.275 e. The molecule has 22 heavy (non-hydrogen) atoms. The van der Waals surface area contributed by atoms with E-state index in [0.717, 1.165) is 4.47 Å². The molecule has 0 aromatic heterocycles. The minimum atomic E-state index is -0.451. The van der Waals surface area contributed by atoms with Crippen LogP contribution in [0.1, 0.15) is 15.9 Å². The first-order valence-corrected chi connectivity index (χ1v) is 6.99. The van der Waals surface area contributed by atoms with Crippen LogP contribution >= 0.6 is 15.9 Å². The van der Waals surface area contributed by atoms with Gasteiger partial charge < -0.3 is 14.9 Å². The zero-order valence-electron chi connectivity index (χ0n) is 11.6. The number of phenols is 2. The first-order valence-electron chi connectivity index (χ1n) is 6.20. The Morgan fingerprint density at radius 1 is 1.27 bits per heavy atom. The molecule has 114 valence electrons. The second-order valence-corrected chi connectivity index (χ2v) is 5.20. The lowest BCUT2D eigenvalue weighted by molar-refractivity contribution is 0.0952. The number of rotatable bonds is 4. The first-order chi connectivity index (χ1) is 10.5. The zero-order valence-corrected chi connectivity index (χ0v) is 13.2. The number of hydrogen-bond acceptors (Lipinski definition) is 5. The summed E-state index contributed by atoms with van der Waals surface area (Å²) in [6.07, 6.45) is 1.27. The van der Waals surface area contributed by atoms with Crippen LogP contribution in [0.4, 0.5) is 0 Å². The molecule has 7 heteroatoms. The average Bonchev–Trinajstić information content (AvgIpc) is 2.49. The molecule has 0 fully saturated rings. The topological polar surface area (TPSA) is 91.2 Å². The molecule has 1 amide bonds. The Morgan fingerprint density at radius 2 is 2.05 bits per heavy atom. The van der Waals surface area contributed by atoms with Crippen LogP contribution in [-0.2, 0) is 0 Å². The van der Waals surface area contributed by atoms with Gasteiger partial charge in [-0.1, -0.05) is 15.9 Å². The van der Waals surface area contributed by atoms with E-state index in [9.17, 15) is 15.0 Å². The lowest BCUT2D eigenvalue weighted by atomic mass is 10.2. The number of aromatic hydroxyl groups is 2. The highest BCUT2D eigenvalue weighted by Crippen LogP contribution is 2.23. The number of nitrogens with one attached hydrogen (secondary N) is 1. The number of carbonyl (C=O) groups excluding carboxylic acids is 1. The van der Waals surface area contributed by atoms with Gasteiger partial charge in [-0.2, -0.15) is 5.10 Å². The molecule has 0 spiro atoms. The molecule has 0 unspecified atom stereocenters. The third-order valence-corrected chi connectivity index (χ3v) is 3.28. The average molecular weight is 365 g/mol. The summed E-state index contributed by atoms with van der Waals surface area (Å²) < 4.78 is 5.85. The summed E-state index contributed by atoms with van der Waals surface area (Å²) in [5.41, 5.74) is 3.03. The van der Waals surface area contributed by atoms with Crippen molar-refractivity contribution in [2.75, 3.05) is 7.11 Å². The smallest absolute Gasteiger partial charge is 0.275 e. The van der Waals surface area contributed by atoms with Gasteiger partial charge in [-0.25, -0.2) is 5.43 Å². The summed E-state index contributed by atoms with van der Waals surface area (Å²) in [6, 6.07) is 9.09. The third kappa shape index (κ3) is 3.76. The monoisotopic (exact) mass is 364 g/mol. The predicted octanol–water partition coefficient (Wildman–Crippen LogP) is 2.63. The molecule has 0 saturated carbocycles. The number of amides is 1. The summed E-state index contributed by atoms with van der Waals surface area (Å²) in [4.78, 5) is 12.1. The normalized spacial score (nSPS) is 10.6. The Kier molecular flexibility index (Phi) is 5.00. The van der Waals surface area contributed by atoms with Gasteiger partial charge in [0.05, 0.1) is 18.9 Å².